The average Bonchev–Trinajstić information content (AvgIpc) is 3.48. The van der Waals surface area contributed by atoms with Crippen molar-refractivity contribution in [3.05, 3.63) is 71.4 Å². The van der Waals surface area contributed by atoms with Crippen LogP contribution in [0, 0.1) is 11.7 Å². The molecule has 3 atom stereocenters. The summed E-state index contributed by atoms with van der Waals surface area (Å²) in [6.45, 7) is 3.54. The van der Waals surface area contributed by atoms with Gasteiger partial charge in [0.05, 0.1) is 24.8 Å². The summed E-state index contributed by atoms with van der Waals surface area (Å²) >= 11 is 1.12. The molecule has 1 aromatic heterocycles. The SMILES string of the molecule is C[C@H](CO)N1C[C@H](C)[C@@H](CN(C)S(=O)(=O)c2cccs2)Oc2ccc(NC(=O)Nc3ccc(F)cc3)cc2C1=O. The van der Waals surface area contributed by atoms with E-state index >= 15 is 0 Å². The number of ether oxygens (including phenoxy) is 1. The quantitative estimate of drug-likeness (QED) is 0.363. The Morgan fingerprint density at radius 2 is 1.88 bits per heavy atom. The van der Waals surface area contributed by atoms with Crippen molar-refractivity contribution in [2.75, 3.05) is 37.4 Å². The Kier molecular flexibility index (Phi) is 9.08. The molecule has 1 aliphatic rings. The van der Waals surface area contributed by atoms with Crippen LogP contribution in [0.4, 0.5) is 20.6 Å². The van der Waals surface area contributed by atoms with Gasteiger partial charge in [-0.2, -0.15) is 4.31 Å². The van der Waals surface area contributed by atoms with Gasteiger partial charge in [-0.25, -0.2) is 17.6 Å². The number of hydrogen-bond donors (Lipinski definition) is 3. The van der Waals surface area contributed by atoms with Crippen LogP contribution in [0.15, 0.2) is 64.2 Å². The number of aliphatic hydroxyl groups excluding tert-OH is 1. The second-order valence-corrected chi connectivity index (χ2v) is 12.9. The number of anilines is 2. The highest BCUT2D eigenvalue weighted by Crippen LogP contribution is 2.31. The lowest BCUT2D eigenvalue weighted by Gasteiger charge is -2.38. The molecule has 214 valence electrons. The fourth-order valence-electron chi connectivity index (χ4n) is 4.26. The van der Waals surface area contributed by atoms with Crippen molar-refractivity contribution in [2.45, 2.75) is 30.2 Å². The molecular formula is C27H31FN4O6S2. The second kappa shape index (κ2) is 12.3. The number of urea groups is 1. The highest BCUT2D eigenvalue weighted by Gasteiger charge is 2.35. The molecule has 3 aromatic rings. The molecule has 0 saturated carbocycles. The van der Waals surface area contributed by atoms with Gasteiger partial charge < -0.3 is 25.4 Å². The molecule has 1 aliphatic heterocycles. The molecular weight excluding hydrogens is 559 g/mol. The second-order valence-electron chi connectivity index (χ2n) is 9.64. The van der Waals surface area contributed by atoms with Crippen LogP contribution >= 0.6 is 11.3 Å². The van der Waals surface area contributed by atoms with Crippen molar-refractivity contribution in [1.29, 1.82) is 0 Å². The fourth-order valence-corrected chi connectivity index (χ4v) is 6.64. The van der Waals surface area contributed by atoms with E-state index in [1.54, 1.807) is 30.5 Å². The largest absolute Gasteiger partial charge is 0.488 e. The number of likely N-dealkylation sites (N-methyl/N-ethyl adjacent to an activating group) is 1. The molecule has 2 heterocycles. The van der Waals surface area contributed by atoms with E-state index in [9.17, 15) is 27.5 Å². The molecule has 0 aliphatic carbocycles. The van der Waals surface area contributed by atoms with Crippen molar-refractivity contribution >= 4 is 44.7 Å². The van der Waals surface area contributed by atoms with Gasteiger partial charge in [-0.3, -0.25) is 4.79 Å². The number of nitrogens with one attached hydrogen (secondary N) is 2. The van der Waals surface area contributed by atoms with E-state index in [1.807, 2.05) is 6.92 Å². The zero-order chi connectivity index (χ0) is 29.0. The van der Waals surface area contributed by atoms with Crippen molar-refractivity contribution in [3.63, 3.8) is 0 Å². The lowest BCUT2D eigenvalue weighted by Crippen LogP contribution is -2.50. The van der Waals surface area contributed by atoms with E-state index in [0.29, 0.717) is 11.4 Å². The normalized spacial score (nSPS) is 18.4. The zero-order valence-electron chi connectivity index (χ0n) is 22.2. The molecule has 3 N–H and O–H groups in total. The summed E-state index contributed by atoms with van der Waals surface area (Å²) in [7, 11) is -2.25. The standard InChI is InChI=1S/C27H31FN4O6S2/c1-17-14-32(18(2)16-33)26(34)22-13-21(30-27(35)29-20-8-6-19(28)7-9-20)10-11-23(22)38-24(17)15-31(3)40(36,37)25-5-4-12-39-25/h4-13,17-18,24,33H,14-16H2,1-3H3,(H2,29,30,35)/t17-,18+,24+/m0/s1. The minimum atomic E-state index is -3.73. The Labute approximate surface area is 236 Å². The maximum absolute atomic E-state index is 13.6. The molecule has 0 radical (unpaired) electrons. The number of halogens is 1. The van der Waals surface area contributed by atoms with Gasteiger partial charge in [-0.15, -0.1) is 11.3 Å². The summed E-state index contributed by atoms with van der Waals surface area (Å²) < 4.78 is 47.0. The van der Waals surface area contributed by atoms with Crippen LogP contribution < -0.4 is 15.4 Å². The summed E-state index contributed by atoms with van der Waals surface area (Å²) in [4.78, 5) is 27.7. The Balaban J connectivity index is 1.60. The third kappa shape index (κ3) is 6.61. The summed E-state index contributed by atoms with van der Waals surface area (Å²) in [5, 5.41) is 16.8. The first kappa shape index (κ1) is 29.5. The third-order valence-electron chi connectivity index (χ3n) is 6.62. The van der Waals surface area contributed by atoms with Crippen molar-refractivity contribution in [2.24, 2.45) is 5.92 Å². The molecule has 4 rings (SSSR count). The van der Waals surface area contributed by atoms with Crippen LogP contribution in [0.2, 0.25) is 0 Å². The van der Waals surface area contributed by atoms with Gasteiger partial charge in [0.2, 0.25) is 0 Å². The van der Waals surface area contributed by atoms with Gasteiger partial charge in [0.1, 0.15) is 21.9 Å². The smallest absolute Gasteiger partial charge is 0.323 e. The maximum Gasteiger partial charge on any atom is 0.323 e. The molecule has 0 saturated heterocycles. The van der Waals surface area contributed by atoms with E-state index in [2.05, 4.69) is 10.6 Å². The van der Waals surface area contributed by atoms with E-state index in [4.69, 9.17) is 4.74 Å². The predicted octanol–water partition coefficient (Wildman–Crippen LogP) is 4.07. The number of rotatable bonds is 8. The number of carbonyl (C=O) groups excluding carboxylic acids is 2. The van der Waals surface area contributed by atoms with Gasteiger partial charge in [0.25, 0.3) is 15.9 Å². The fraction of sp³-hybridized carbons (Fsp3) is 0.333. The first-order chi connectivity index (χ1) is 19.0. The zero-order valence-corrected chi connectivity index (χ0v) is 23.8. The molecule has 0 spiro atoms. The highest BCUT2D eigenvalue weighted by molar-refractivity contribution is 7.91. The highest BCUT2D eigenvalue weighted by atomic mass is 32.2. The van der Waals surface area contributed by atoms with Gasteiger partial charge in [-0.05, 0) is 60.8 Å². The maximum atomic E-state index is 13.6. The molecule has 2 aromatic carbocycles. The average molecular weight is 591 g/mol. The number of fused-ring (bicyclic) bond motifs is 1. The summed E-state index contributed by atoms with van der Waals surface area (Å²) in [5.74, 6) is -0.894. The lowest BCUT2D eigenvalue weighted by atomic mass is 9.99. The monoisotopic (exact) mass is 590 g/mol. The van der Waals surface area contributed by atoms with Crippen molar-refractivity contribution in [3.8, 4) is 5.75 Å². The molecule has 0 unspecified atom stereocenters. The number of thiophene rings is 1. The first-order valence-electron chi connectivity index (χ1n) is 12.6. The van der Waals surface area contributed by atoms with Gasteiger partial charge in [0.15, 0.2) is 0 Å². The van der Waals surface area contributed by atoms with Gasteiger partial charge >= 0.3 is 6.03 Å². The Morgan fingerprint density at radius 3 is 2.52 bits per heavy atom. The van der Waals surface area contributed by atoms with E-state index < -0.39 is 39.9 Å². The number of nitrogens with zero attached hydrogens (tertiary/aromatic N) is 2. The molecule has 3 amide bonds. The summed E-state index contributed by atoms with van der Waals surface area (Å²) in [5.41, 5.74) is 0.834. The number of aliphatic hydroxyl groups is 1. The minimum Gasteiger partial charge on any atom is -0.488 e. The summed E-state index contributed by atoms with van der Waals surface area (Å²) in [6.07, 6.45) is -0.624. The van der Waals surface area contributed by atoms with E-state index in [1.165, 1.54) is 52.7 Å². The van der Waals surface area contributed by atoms with Crippen LogP contribution in [-0.4, -0.2) is 73.6 Å². The number of benzene rings is 2. The van der Waals surface area contributed by atoms with Gasteiger partial charge in [-0.1, -0.05) is 13.0 Å². The molecule has 10 nitrogen and oxygen atoms in total. The third-order valence-corrected chi connectivity index (χ3v) is 9.82. The minimum absolute atomic E-state index is 0.0243. The number of sulfonamides is 1. The number of carbonyl (C=O) groups is 2. The van der Waals surface area contributed by atoms with Crippen molar-refractivity contribution < 1.29 is 32.2 Å². The molecule has 0 bridgehead atoms. The van der Waals surface area contributed by atoms with Crippen LogP contribution in [0.5, 0.6) is 5.75 Å². The Bertz CT molecular complexity index is 1450. The van der Waals surface area contributed by atoms with Crippen LogP contribution in [0.1, 0.15) is 24.2 Å². The molecule has 40 heavy (non-hydrogen) atoms. The molecule has 13 heteroatoms. The Hall–Kier alpha value is -3.52. The lowest BCUT2D eigenvalue weighted by molar-refractivity contribution is 0.0387. The van der Waals surface area contributed by atoms with Crippen LogP contribution in [0.3, 0.4) is 0 Å². The number of amides is 3. The van der Waals surface area contributed by atoms with E-state index in [-0.39, 0.29) is 41.1 Å². The predicted molar refractivity (Wildman–Crippen MR) is 151 cm³/mol. The Morgan fingerprint density at radius 1 is 1.20 bits per heavy atom. The topological polar surface area (TPSA) is 128 Å². The molecule has 0 fully saturated rings. The van der Waals surface area contributed by atoms with Crippen LogP contribution in [0.25, 0.3) is 0 Å². The van der Waals surface area contributed by atoms with Crippen LogP contribution in [-0.2, 0) is 10.0 Å². The van der Waals surface area contributed by atoms with E-state index in [0.717, 1.165) is 11.3 Å². The van der Waals surface area contributed by atoms with Gasteiger partial charge in [0, 0.05) is 30.9 Å². The van der Waals surface area contributed by atoms with Crippen molar-refractivity contribution in [1.82, 2.24) is 9.21 Å². The first-order valence-corrected chi connectivity index (χ1v) is 14.9. The number of hydrogen-bond acceptors (Lipinski definition) is 7. The summed E-state index contributed by atoms with van der Waals surface area (Å²) in [6, 6.07) is 11.9.